The van der Waals surface area contributed by atoms with Crippen LogP contribution in [0.5, 0.6) is 11.5 Å². The van der Waals surface area contributed by atoms with Crippen LogP contribution < -0.4 is 14.8 Å². The van der Waals surface area contributed by atoms with Gasteiger partial charge in [0.15, 0.2) is 0 Å². The fourth-order valence-electron chi connectivity index (χ4n) is 2.43. The first-order valence-corrected chi connectivity index (χ1v) is 7.38. The fraction of sp³-hybridized carbons (Fsp3) is 0.250. The number of nitrogens with one attached hydrogen (secondary N) is 1. The normalized spacial score (nSPS) is 17.0. The van der Waals surface area contributed by atoms with E-state index in [9.17, 15) is 0 Å². The van der Waals surface area contributed by atoms with Gasteiger partial charge in [0.25, 0.3) is 0 Å². The van der Waals surface area contributed by atoms with Crippen LogP contribution in [0.4, 0.5) is 5.69 Å². The van der Waals surface area contributed by atoms with Crippen molar-refractivity contribution < 1.29 is 9.47 Å². The molecule has 1 heterocycles. The zero-order chi connectivity index (χ0) is 13.9. The Hall–Kier alpha value is -1.68. The van der Waals surface area contributed by atoms with Gasteiger partial charge < -0.3 is 14.8 Å². The van der Waals surface area contributed by atoms with Crippen LogP contribution in [0.25, 0.3) is 0 Å². The summed E-state index contributed by atoms with van der Waals surface area (Å²) >= 11 is 3.52. The summed E-state index contributed by atoms with van der Waals surface area (Å²) in [6.07, 6.45) is 0.945. The molecule has 2 aromatic rings. The molecule has 1 aliphatic rings. The summed E-state index contributed by atoms with van der Waals surface area (Å²) in [4.78, 5) is 0. The van der Waals surface area contributed by atoms with Gasteiger partial charge in [-0.3, -0.25) is 0 Å². The van der Waals surface area contributed by atoms with E-state index in [1.165, 1.54) is 5.56 Å². The average molecular weight is 334 g/mol. The van der Waals surface area contributed by atoms with E-state index < -0.39 is 0 Å². The molecule has 3 rings (SSSR count). The van der Waals surface area contributed by atoms with Crippen molar-refractivity contribution in [1.82, 2.24) is 0 Å². The Balaban J connectivity index is 1.87. The number of fused-ring (bicyclic) bond motifs is 1. The first kappa shape index (κ1) is 13.3. The zero-order valence-corrected chi connectivity index (χ0v) is 12.8. The average Bonchev–Trinajstić information content (AvgIpc) is 2.48. The number of anilines is 1. The molecule has 20 heavy (non-hydrogen) atoms. The van der Waals surface area contributed by atoms with Crippen LogP contribution in [0, 0.1) is 0 Å². The van der Waals surface area contributed by atoms with Crippen LogP contribution in [0.3, 0.4) is 0 Å². The Bertz CT molecular complexity index is 615. The van der Waals surface area contributed by atoms with E-state index in [-0.39, 0.29) is 6.04 Å². The van der Waals surface area contributed by atoms with Crippen LogP contribution >= 0.6 is 15.9 Å². The molecule has 0 radical (unpaired) electrons. The van der Waals surface area contributed by atoms with Crippen LogP contribution in [-0.2, 0) is 0 Å². The van der Waals surface area contributed by atoms with Gasteiger partial charge in [0, 0.05) is 28.2 Å². The molecule has 0 aromatic heterocycles. The predicted octanol–water partition coefficient (Wildman–Crippen LogP) is 4.39. The topological polar surface area (TPSA) is 30.5 Å². The molecule has 0 aliphatic carbocycles. The van der Waals surface area contributed by atoms with Crippen molar-refractivity contribution in [2.45, 2.75) is 12.5 Å². The van der Waals surface area contributed by atoms with Crippen molar-refractivity contribution in [3.8, 4) is 11.5 Å². The Morgan fingerprint density at radius 1 is 1.25 bits per heavy atom. The number of ether oxygens (including phenoxy) is 2. The lowest BCUT2D eigenvalue weighted by Gasteiger charge is -2.27. The number of rotatable bonds is 3. The summed E-state index contributed by atoms with van der Waals surface area (Å²) in [7, 11) is 1.68. The third-order valence-electron chi connectivity index (χ3n) is 3.42. The summed E-state index contributed by atoms with van der Waals surface area (Å²) in [6.45, 7) is 0.732. The first-order valence-electron chi connectivity index (χ1n) is 6.59. The summed E-state index contributed by atoms with van der Waals surface area (Å²) in [5, 5.41) is 3.56. The summed E-state index contributed by atoms with van der Waals surface area (Å²) in [5.41, 5.74) is 2.25. The van der Waals surface area contributed by atoms with E-state index in [1.807, 2.05) is 30.3 Å². The first-order chi connectivity index (χ1) is 9.76. The van der Waals surface area contributed by atoms with Gasteiger partial charge >= 0.3 is 0 Å². The van der Waals surface area contributed by atoms with E-state index in [0.29, 0.717) is 0 Å². The van der Waals surface area contributed by atoms with E-state index in [4.69, 9.17) is 9.47 Å². The van der Waals surface area contributed by atoms with Gasteiger partial charge in [0.05, 0.1) is 19.8 Å². The van der Waals surface area contributed by atoms with Crippen LogP contribution in [-0.4, -0.2) is 13.7 Å². The monoisotopic (exact) mass is 333 g/mol. The molecule has 3 nitrogen and oxygen atoms in total. The molecule has 1 unspecified atom stereocenters. The minimum absolute atomic E-state index is 0.253. The van der Waals surface area contributed by atoms with Gasteiger partial charge in [-0.1, -0.05) is 22.0 Å². The molecular formula is C16H16BrNO2. The quantitative estimate of drug-likeness (QED) is 0.903. The van der Waals surface area contributed by atoms with Crippen molar-refractivity contribution >= 4 is 21.6 Å². The maximum Gasteiger partial charge on any atom is 0.124 e. The summed E-state index contributed by atoms with van der Waals surface area (Å²) in [6, 6.07) is 14.4. The molecule has 4 heteroatoms. The van der Waals surface area contributed by atoms with Crippen LogP contribution in [0.2, 0.25) is 0 Å². The van der Waals surface area contributed by atoms with Crippen LogP contribution in [0.1, 0.15) is 18.0 Å². The number of halogens is 1. The number of benzene rings is 2. The van der Waals surface area contributed by atoms with Gasteiger partial charge in [0.1, 0.15) is 11.5 Å². The van der Waals surface area contributed by atoms with Gasteiger partial charge in [-0.05, 0) is 30.3 Å². The second-order valence-electron chi connectivity index (χ2n) is 4.75. The highest BCUT2D eigenvalue weighted by molar-refractivity contribution is 9.10. The van der Waals surface area contributed by atoms with E-state index >= 15 is 0 Å². The van der Waals surface area contributed by atoms with Gasteiger partial charge in [-0.15, -0.1) is 0 Å². The van der Waals surface area contributed by atoms with Crippen molar-refractivity contribution in [1.29, 1.82) is 0 Å². The SMILES string of the molecule is COc1cccc(NC2CCOc3ccc(Br)cc32)c1. The van der Waals surface area contributed by atoms with Crippen molar-refractivity contribution in [2.75, 3.05) is 19.0 Å². The maximum atomic E-state index is 5.71. The highest BCUT2D eigenvalue weighted by Gasteiger charge is 2.21. The van der Waals surface area contributed by atoms with E-state index in [1.54, 1.807) is 7.11 Å². The molecule has 0 saturated carbocycles. The number of hydrogen-bond acceptors (Lipinski definition) is 3. The molecule has 0 amide bonds. The summed E-state index contributed by atoms with van der Waals surface area (Å²) in [5.74, 6) is 1.82. The second-order valence-corrected chi connectivity index (χ2v) is 5.66. The minimum Gasteiger partial charge on any atom is -0.497 e. The highest BCUT2D eigenvalue weighted by Crippen LogP contribution is 2.36. The Labute approximate surface area is 127 Å². The fourth-order valence-corrected chi connectivity index (χ4v) is 2.81. The van der Waals surface area contributed by atoms with E-state index in [0.717, 1.165) is 34.7 Å². The lowest BCUT2D eigenvalue weighted by Crippen LogP contribution is -2.20. The largest absolute Gasteiger partial charge is 0.497 e. The molecular weight excluding hydrogens is 318 g/mol. The van der Waals surface area contributed by atoms with Gasteiger partial charge in [-0.2, -0.15) is 0 Å². The van der Waals surface area contributed by atoms with Crippen molar-refractivity contribution in [3.63, 3.8) is 0 Å². The van der Waals surface area contributed by atoms with Crippen molar-refractivity contribution in [3.05, 3.63) is 52.5 Å². The maximum absolute atomic E-state index is 5.71. The highest BCUT2D eigenvalue weighted by atomic mass is 79.9. The molecule has 1 aliphatic heterocycles. The third-order valence-corrected chi connectivity index (χ3v) is 3.92. The Morgan fingerprint density at radius 3 is 3.00 bits per heavy atom. The zero-order valence-electron chi connectivity index (χ0n) is 11.2. The molecule has 0 spiro atoms. The minimum atomic E-state index is 0.253. The molecule has 0 fully saturated rings. The predicted molar refractivity (Wildman–Crippen MR) is 83.6 cm³/mol. The number of methoxy groups -OCH3 is 1. The Kier molecular flexibility index (Phi) is 3.83. The molecule has 0 saturated heterocycles. The summed E-state index contributed by atoms with van der Waals surface area (Å²) < 4.78 is 12.0. The second kappa shape index (κ2) is 5.75. The Morgan fingerprint density at radius 2 is 2.15 bits per heavy atom. The molecule has 2 aromatic carbocycles. The van der Waals surface area contributed by atoms with E-state index in [2.05, 4.69) is 33.4 Å². The molecule has 0 bridgehead atoms. The third kappa shape index (κ3) is 2.75. The van der Waals surface area contributed by atoms with Crippen molar-refractivity contribution in [2.24, 2.45) is 0 Å². The standard InChI is InChI=1S/C16H16BrNO2/c1-19-13-4-2-3-12(10-13)18-15-7-8-20-16-6-5-11(17)9-14(15)16/h2-6,9-10,15,18H,7-8H2,1H3. The van der Waals surface area contributed by atoms with Gasteiger partial charge in [-0.25, -0.2) is 0 Å². The van der Waals surface area contributed by atoms with Crippen LogP contribution in [0.15, 0.2) is 46.9 Å². The van der Waals surface area contributed by atoms with Gasteiger partial charge in [0.2, 0.25) is 0 Å². The lowest BCUT2D eigenvalue weighted by atomic mass is 10.0. The lowest BCUT2D eigenvalue weighted by molar-refractivity contribution is 0.274. The molecule has 1 N–H and O–H groups in total. The molecule has 104 valence electrons. The number of hydrogen-bond donors (Lipinski definition) is 1. The molecule has 1 atom stereocenters. The smallest absolute Gasteiger partial charge is 0.124 e.